The number of nitrogens with zero attached hydrogens (tertiary/aromatic N) is 1. The van der Waals surface area contributed by atoms with Gasteiger partial charge in [-0.1, -0.05) is 24.6 Å². The smallest absolute Gasteiger partial charge is 0.243 e. The standard InChI is InChI=1S/C20H23BrN2O3S2/c1-15-9-10-16(28(25,26)23-11-5-2-6-12-23)13-18(15)22-20(24)14-27-19-8-4-3-7-17(19)21/h3-4,7-10,13H,2,5-6,11-12,14H2,1H3,(H,22,24). The molecule has 1 amide bonds. The summed E-state index contributed by atoms with van der Waals surface area (Å²) in [4.78, 5) is 13.6. The van der Waals surface area contributed by atoms with E-state index >= 15 is 0 Å². The van der Waals surface area contributed by atoms with E-state index in [1.807, 2.05) is 31.2 Å². The Bertz CT molecular complexity index is 958. The predicted octanol–water partition coefficient (Wildman–Crippen LogP) is 4.66. The number of carbonyl (C=O) groups is 1. The van der Waals surface area contributed by atoms with Crippen LogP contribution in [0.2, 0.25) is 0 Å². The van der Waals surface area contributed by atoms with Crippen molar-refractivity contribution in [3.63, 3.8) is 0 Å². The number of halogens is 1. The molecule has 0 radical (unpaired) electrons. The Kier molecular flexibility index (Phi) is 7.20. The molecular weight excluding hydrogens is 460 g/mol. The highest BCUT2D eigenvalue weighted by atomic mass is 79.9. The maximum absolute atomic E-state index is 12.9. The zero-order valence-electron chi connectivity index (χ0n) is 15.7. The van der Waals surface area contributed by atoms with Crippen LogP contribution < -0.4 is 5.32 Å². The molecule has 2 aromatic rings. The molecule has 0 bridgehead atoms. The first-order valence-electron chi connectivity index (χ1n) is 9.16. The van der Waals surface area contributed by atoms with Crippen LogP contribution in [0.1, 0.15) is 24.8 Å². The molecule has 0 aromatic heterocycles. The minimum atomic E-state index is -3.53. The van der Waals surface area contributed by atoms with Crippen LogP contribution in [0.3, 0.4) is 0 Å². The molecule has 1 fully saturated rings. The quantitative estimate of drug-likeness (QED) is 0.607. The Hall–Kier alpha value is -1.35. The number of anilines is 1. The predicted molar refractivity (Wildman–Crippen MR) is 117 cm³/mol. The molecule has 8 heteroatoms. The van der Waals surface area contributed by atoms with Crippen LogP contribution in [0.25, 0.3) is 0 Å². The Morgan fingerprint density at radius 2 is 1.86 bits per heavy atom. The van der Waals surface area contributed by atoms with Gasteiger partial charge in [0.1, 0.15) is 0 Å². The van der Waals surface area contributed by atoms with E-state index in [0.717, 1.165) is 34.2 Å². The summed E-state index contributed by atoms with van der Waals surface area (Å²) >= 11 is 4.90. The molecule has 1 saturated heterocycles. The fraction of sp³-hybridized carbons (Fsp3) is 0.350. The molecule has 28 heavy (non-hydrogen) atoms. The van der Waals surface area contributed by atoms with Crippen molar-refractivity contribution >= 4 is 49.3 Å². The normalized spacial score (nSPS) is 15.4. The summed E-state index contributed by atoms with van der Waals surface area (Å²) in [6.07, 6.45) is 2.85. The van der Waals surface area contributed by atoms with Crippen molar-refractivity contribution in [2.75, 3.05) is 24.2 Å². The summed E-state index contributed by atoms with van der Waals surface area (Å²) in [5.41, 5.74) is 1.37. The summed E-state index contributed by atoms with van der Waals surface area (Å²) in [5.74, 6) is 0.0712. The lowest BCUT2D eigenvalue weighted by molar-refractivity contribution is -0.113. The zero-order valence-corrected chi connectivity index (χ0v) is 18.9. The van der Waals surface area contributed by atoms with Gasteiger partial charge in [0.25, 0.3) is 0 Å². The van der Waals surface area contributed by atoms with Gasteiger partial charge in [0, 0.05) is 28.1 Å². The van der Waals surface area contributed by atoms with Crippen molar-refractivity contribution < 1.29 is 13.2 Å². The lowest BCUT2D eigenvalue weighted by Crippen LogP contribution is -2.35. The van der Waals surface area contributed by atoms with Gasteiger partial charge in [0.2, 0.25) is 15.9 Å². The van der Waals surface area contributed by atoms with Crippen molar-refractivity contribution in [2.24, 2.45) is 0 Å². The minimum absolute atomic E-state index is 0.170. The number of aryl methyl sites for hydroxylation is 1. The number of hydrogen-bond acceptors (Lipinski definition) is 4. The van der Waals surface area contributed by atoms with Crippen molar-refractivity contribution in [1.82, 2.24) is 4.31 Å². The number of sulfonamides is 1. The van der Waals surface area contributed by atoms with Gasteiger partial charge in [0.15, 0.2) is 0 Å². The van der Waals surface area contributed by atoms with Crippen LogP contribution in [-0.4, -0.2) is 37.5 Å². The first kappa shape index (κ1) is 21.4. The van der Waals surface area contributed by atoms with E-state index in [4.69, 9.17) is 0 Å². The second kappa shape index (κ2) is 9.43. The van der Waals surface area contributed by atoms with Crippen molar-refractivity contribution in [3.8, 4) is 0 Å². The monoisotopic (exact) mass is 482 g/mol. The zero-order chi connectivity index (χ0) is 20.1. The third-order valence-electron chi connectivity index (χ3n) is 4.63. The number of piperidine rings is 1. The highest BCUT2D eigenvalue weighted by Crippen LogP contribution is 2.28. The van der Waals surface area contributed by atoms with E-state index < -0.39 is 10.0 Å². The molecule has 0 aliphatic carbocycles. The highest BCUT2D eigenvalue weighted by Gasteiger charge is 2.26. The molecule has 2 aromatic carbocycles. The van der Waals surface area contributed by atoms with Crippen LogP contribution in [0.5, 0.6) is 0 Å². The average Bonchev–Trinajstić information content (AvgIpc) is 2.69. The molecule has 5 nitrogen and oxygen atoms in total. The minimum Gasteiger partial charge on any atom is -0.325 e. The number of benzene rings is 2. The maximum atomic E-state index is 12.9. The Labute approximate surface area is 179 Å². The fourth-order valence-corrected chi connectivity index (χ4v) is 5.95. The highest BCUT2D eigenvalue weighted by molar-refractivity contribution is 9.10. The Balaban J connectivity index is 1.71. The lowest BCUT2D eigenvalue weighted by atomic mass is 10.2. The number of amides is 1. The lowest BCUT2D eigenvalue weighted by Gasteiger charge is -2.26. The molecule has 0 unspecified atom stereocenters. The largest absolute Gasteiger partial charge is 0.325 e. The fourth-order valence-electron chi connectivity index (χ4n) is 3.04. The topological polar surface area (TPSA) is 66.5 Å². The first-order valence-corrected chi connectivity index (χ1v) is 12.4. The van der Waals surface area contributed by atoms with E-state index in [1.165, 1.54) is 16.1 Å². The van der Waals surface area contributed by atoms with E-state index in [0.29, 0.717) is 18.8 Å². The van der Waals surface area contributed by atoms with E-state index in [9.17, 15) is 13.2 Å². The molecule has 150 valence electrons. The number of hydrogen-bond donors (Lipinski definition) is 1. The van der Waals surface area contributed by atoms with E-state index in [-0.39, 0.29) is 16.6 Å². The summed E-state index contributed by atoms with van der Waals surface area (Å²) in [6.45, 7) is 2.97. The molecule has 1 aliphatic rings. The van der Waals surface area contributed by atoms with Crippen LogP contribution in [0, 0.1) is 6.92 Å². The van der Waals surface area contributed by atoms with Crippen molar-refractivity contribution in [3.05, 3.63) is 52.5 Å². The summed E-state index contributed by atoms with van der Waals surface area (Å²) in [5, 5.41) is 2.86. The van der Waals surface area contributed by atoms with Gasteiger partial charge in [-0.2, -0.15) is 4.31 Å². The second-order valence-corrected chi connectivity index (χ2v) is 10.5. The van der Waals surface area contributed by atoms with Crippen molar-refractivity contribution in [2.45, 2.75) is 36.0 Å². The van der Waals surface area contributed by atoms with Crippen LogP contribution in [0.4, 0.5) is 5.69 Å². The summed E-state index contributed by atoms with van der Waals surface area (Å²) in [7, 11) is -3.53. The summed E-state index contributed by atoms with van der Waals surface area (Å²) < 4.78 is 28.3. The molecule has 1 heterocycles. The molecule has 0 atom stereocenters. The SMILES string of the molecule is Cc1ccc(S(=O)(=O)N2CCCCC2)cc1NC(=O)CSc1ccccc1Br. The van der Waals surface area contributed by atoms with Crippen molar-refractivity contribution in [1.29, 1.82) is 0 Å². The molecular formula is C20H23BrN2O3S2. The van der Waals surface area contributed by atoms with E-state index in [1.54, 1.807) is 18.2 Å². The van der Waals surface area contributed by atoms with Gasteiger partial charge in [-0.25, -0.2) is 8.42 Å². The van der Waals surface area contributed by atoms with Gasteiger partial charge in [-0.05, 0) is 65.5 Å². The molecule has 0 saturated carbocycles. The number of thioether (sulfide) groups is 1. The number of carbonyl (C=O) groups excluding carboxylic acids is 1. The molecule has 0 spiro atoms. The molecule has 1 aliphatic heterocycles. The van der Waals surface area contributed by atoms with Crippen LogP contribution in [0.15, 0.2) is 56.7 Å². The third kappa shape index (κ3) is 5.17. The Morgan fingerprint density at radius 3 is 2.57 bits per heavy atom. The van der Waals surface area contributed by atoms with Gasteiger partial charge < -0.3 is 5.32 Å². The van der Waals surface area contributed by atoms with Gasteiger partial charge in [0.05, 0.1) is 10.6 Å². The number of rotatable bonds is 6. The maximum Gasteiger partial charge on any atom is 0.243 e. The van der Waals surface area contributed by atoms with Gasteiger partial charge in [-0.3, -0.25) is 4.79 Å². The number of nitrogens with one attached hydrogen (secondary N) is 1. The van der Waals surface area contributed by atoms with Crippen LogP contribution in [-0.2, 0) is 14.8 Å². The van der Waals surface area contributed by atoms with Crippen LogP contribution >= 0.6 is 27.7 Å². The van der Waals surface area contributed by atoms with E-state index in [2.05, 4.69) is 21.2 Å². The third-order valence-corrected chi connectivity index (χ3v) is 8.55. The molecule has 1 N–H and O–H groups in total. The van der Waals surface area contributed by atoms with Gasteiger partial charge in [-0.15, -0.1) is 11.8 Å². The first-order chi connectivity index (χ1) is 13.4. The average molecular weight is 483 g/mol. The summed E-state index contributed by atoms with van der Waals surface area (Å²) in [6, 6.07) is 12.6. The van der Waals surface area contributed by atoms with Gasteiger partial charge >= 0.3 is 0 Å². The Morgan fingerprint density at radius 1 is 1.14 bits per heavy atom. The molecule has 3 rings (SSSR count). The second-order valence-electron chi connectivity index (χ2n) is 6.71.